The first-order valence-corrected chi connectivity index (χ1v) is 10.3. The van der Waals surface area contributed by atoms with E-state index in [0.29, 0.717) is 24.8 Å². The first kappa shape index (κ1) is 19.2. The zero-order valence-corrected chi connectivity index (χ0v) is 17.3. The van der Waals surface area contributed by atoms with E-state index in [1.54, 1.807) is 4.90 Å². The van der Waals surface area contributed by atoms with Gasteiger partial charge in [0.05, 0.1) is 13.2 Å². The summed E-state index contributed by atoms with van der Waals surface area (Å²) >= 11 is 0. The van der Waals surface area contributed by atoms with Crippen LogP contribution in [0.25, 0.3) is 0 Å². The highest BCUT2D eigenvalue weighted by Crippen LogP contribution is 2.38. The lowest BCUT2D eigenvalue weighted by Gasteiger charge is -2.33. The summed E-state index contributed by atoms with van der Waals surface area (Å²) in [5.41, 5.74) is 4.19. The lowest BCUT2D eigenvalue weighted by molar-refractivity contribution is 0.0197. The maximum atomic E-state index is 13.2. The van der Waals surface area contributed by atoms with Crippen LogP contribution in [0.5, 0.6) is 0 Å². The van der Waals surface area contributed by atoms with Crippen LogP contribution >= 0.6 is 0 Å². The van der Waals surface area contributed by atoms with Crippen molar-refractivity contribution < 1.29 is 14.1 Å². The number of carbonyl (C=O) groups is 1. The molecule has 0 fully saturated rings. The van der Waals surface area contributed by atoms with Crippen molar-refractivity contribution in [3.63, 3.8) is 0 Å². The quantitative estimate of drug-likeness (QED) is 0.798. The minimum absolute atomic E-state index is 0.0776. The van der Waals surface area contributed by atoms with Gasteiger partial charge in [-0.2, -0.15) is 0 Å². The molecule has 0 bridgehead atoms. The lowest BCUT2D eigenvalue weighted by Crippen LogP contribution is -2.35. The standard InChI is InChI=1S/C23H30N2O3/c1-23(2,3)16-9-10-19-18(13-16)21(24-28-19)22(26)25(4)14-20-17-8-6-5-7-15(17)11-12-27-20/h5-8,16,20H,9-14H2,1-4H3/t16-,20-/m1/s1. The zero-order chi connectivity index (χ0) is 19.9. The van der Waals surface area contributed by atoms with Gasteiger partial charge in [-0.1, -0.05) is 50.2 Å². The van der Waals surface area contributed by atoms with E-state index >= 15 is 0 Å². The molecule has 1 aliphatic carbocycles. The van der Waals surface area contributed by atoms with Crippen molar-refractivity contribution in [2.24, 2.45) is 11.3 Å². The summed E-state index contributed by atoms with van der Waals surface area (Å²) in [5, 5.41) is 4.17. The fourth-order valence-corrected chi connectivity index (χ4v) is 4.45. The largest absolute Gasteiger partial charge is 0.371 e. The summed E-state index contributed by atoms with van der Waals surface area (Å²) in [6, 6.07) is 8.34. The molecule has 2 atom stereocenters. The van der Waals surface area contributed by atoms with Gasteiger partial charge in [-0.15, -0.1) is 0 Å². The van der Waals surface area contributed by atoms with E-state index < -0.39 is 0 Å². The monoisotopic (exact) mass is 382 g/mol. The van der Waals surface area contributed by atoms with Gasteiger partial charge in [0.25, 0.3) is 5.91 Å². The fraction of sp³-hybridized carbons (Fsp3) is 0.565. The molecule has 28 heavy (non-hydrogen) atoms. The number of nitrogens with zero attached hydrogens (tertiary/aromatic N) is 2. The van der Waals surface area contributed by atoms with Gasteiger partial charge in [0.15, 0.2) is 5.69 Å². The molecule has 150 valence electrons. The van der Waals surface area contributed by atoms with Crippen molar-refractivity contribution >= 4 is 5.91 Å². The smallest absolute Gasteiger partial charge is 0.276 e. The molecule has 2 aromatic rings. The van der Waals surface area contributed by atoms with Gasteiger partial charge in [0, 0.05) is 19.0 Å². The predicted octanol–water partition coefficient (Wildman–Crippen LogP) is 4.21. The number of ether oxygens (including phenoxy) is 1. The van der Waals surface area contributed by atoms with Crippen LogP contribution in [0, 0.1) is 11.3 Å². The third kappa shape index (κ3) is 3.60. The molecule has 1 aromatic heterocycles. The topological polar surface area (TPSA) is 55.6 Å². The Morgan fingerprint density at radius 1 is 1.25 bits per heavy atom. The molecule has 0 saturated carbocycles. The van der Waals surface area contributed by atoms with Gasteiger partial charge in [0.1, 0.15) is 11.9 Å². The number of aryl methyl sites for hydroxylation is 1. The van der Waals surface area contributed by atoms with Gasteiger partial charge in [-0.3, -0.25) is 4.79 Å². The summed E-state index contributed by atoms with van der Waals surface area (Å²) in [5.74, 6) is 1.34. The number of aromatic nitrogens is 1. The van der Waals surface area contributed by atoms with E-state index in [4.69, 9.17) is 9.26 Å². The molecule has 4 rings (SSSR count). The normalized spacial score (nSPS) is 21.7. The molecule has 1 aromatic carbocycles. The lowest BCUT2D eigenvalue weighted by atomic mass is 9.71. The maximum Gasteiger partial charge on any atom is 0.276 e. The first-order valence-electron chi connectivity index (χ1n) is 10.3. The van der Waals surface area contributed by atoms with Crippen molar-refractivity contribution in [1.29, 1.82) is 0 Å². The molecule has 2 heterocycles. The van der Waals surface area contributed by atoms with Crippen LogP contribution in [-0.2, 0) is 24.0 Å². The van der Waals surface area contributed by atoms with Crippen LogP contribution in [0.3, 0.4) is 0 Å². The number of carbonyl (C=O) groups excluding carboxylic acids is 1. The second-order valence-corrected chi connectivity index (χ2v) is 9.23. The number of amides is 1. The summed E-state index contributed by atoms with van der Waals surface area (Å²) in [6.07, 6.45) is 3.64. The van der Waals surface area contributed by atoms with Crippen molar-refractivity contribution in [2.75, 3.05) is 20.2 Å². The summed E-state index contributed by atoms with van der Waals surface area (Å²) < 4.78 is 11.5. The Labute approximate surface area is 167 Å². The Hall–Kier alpha value is -2.14. The number of fused-ring (bicyclic) bond motifs is 2. The van der Waals surface area contributed by atoms with Gasteiger partial charge < -0.3 is 14.2 Å². The second-order valence-electron chi connectivity index (χ2n) is 9.23. The highest BCUT2D eigenvalue weighted by atomic mass is 16.5. The molecule has 1 amide bonds. The van der Waals surface area contributed by atoms with E-state index in [1.165, 1.54) is 11.1 Å². The van der Waals surface area contributed by atoms with E-state index in [1.807, 2.05) is 13.1 Å². The van der Waals surface area contributed by atoms with Crippen molar-refractivity contribution in [3.05, 3.63) is 52.4 Å². The van der Waals surface area contributed by atoms with E-state index in [2.05, 4.69) is 44.1 Å². The van der Waals surface area contributed by atoms with Crippen LogP contribution in [0.1, 0.15) is 66.2 Å². The Bertz CT molecular complexity index is 865. The molecule has 0 spiro atoms. The van der Waals surface area contributed by atoms with Gasteiger partial charge >= 0.3 is 0 Å². The highest BCUT2D eigenvalue weighted by Gasteiger charge is 2.35. The Kier molecular flexibility index (Phi) is 5.04. The number of hydrogen-bond donors (Lipinski definition) is 0. The van der Waals surface area contributed by atoms with E-state index in [9.17, 15) is 4.79 Å². The van der Waals surface area contributed by atoms with Crippen molar-refractivity contribution in [1.82, 2.24) is 10.1 Å². The molecule has 2 aliphatic rings. The first-order chi connectivity index (χ1) is 13.3. The fourth-order valence-electron chi connectivity index (χ4n) is 4.45. The molecule has 0 radical (unpaired) electrons. The van der Waals surface area contributed by atoms with E-state index in [0.717, 1.165) is 37.0 Å². The molecule has 0 N–H and O–H groups in total. The molecule has 5 heteroatoms. The molecule has 0 unspecified atom stereocenters. The Morgan fingerprint density at radius 2 is 2.04 bits per heavy atom. The molecular formula is C23H30N2O3. The van der Waals surface area contributed by atoms with Crippen LogP contribution in [0.15, 0.2) is 28.8 Å². The Balaban J connectivity index is 1.51. The zero-order valence-electron chi connectivity index (χ0n) is 17.3. The highest BCUT2D eigenvalue weighted by molar-refractivity contribution is 5.93. The number of rotatable bonds is 3. The van der Waals surface area contributed by atoms with Crippen molar-refractivity contribution in [2.45, 2.75) is 52.6 Å². The third-order valence-corrected chi connectivity index (χ3v) is 6.35. The molecule has 1 aliphatic heterocycles. The summed E-state index contributed by atoms with van der Waals surface area (Å²) in [7, 11) is 1.83. The third-order valence-electron chi connectivity index (χ3n) is 6.35. The average Bonchev–Trinajstić information content (AvgIpc) is 3.10. The molecular weight excluding hydrogens is 352 g/mol. The minimum Gasteiger partial charge on any atom is -0.371 e. The SMILES string of the molecule is CN(C[C@H]1OCCc2ccccc21)C(=O)c1noc2c1C[C@H](C(C)(C)C)CC2. The van der Waals surface area contributed by atoms with Crippen LogP contribution in [0.4, 0.5) is 0 Å². The predicted molar refractivity (Wildman–Crippen MR) is 107 cm³/mol. The average molecular weight is 383 g/mol. The van der Waals surface area contributed by atoms with Gasteiger partial charge in [-0.25, -0.2) is 0 Å². The Morgan fingerprint density at radius 3 is 2.82 bits per heavy atom. The van der Waals surface area contributed by atoms with Crippen LogP contribution < -0.4 is 0 Å². The van der Waals surface area contributed by atoms with Gasteiger partial charge in [-0.05, 0) is 41.7 Å². The maximum absolute atomic E-state index is 13.2. The number of hydrogen-bond acceptors (Lipinski definition) is 4. The van der Waals surface area contributed by atoms with Crippen molar-refractivity contribution in [3.8, 4) is 0 Å². The summed E-state index contributed by atoms with van der Waals surface area (Å²) in [6.45, 7) is 8.00. The second kappa shape index (κ2) is 7.36. The molecule has 0 saturated heterocycles. The van der Waals surface area contributed by atoms with Crippen LogP contribution in [-0.4, -0.2) is 36.2 Å². The van der Waals surface area contributed by atoms with E-state index in [-0.39, 0.29) is 17.4 Å². The number of likely N-dealkylation sites (N-methyl/N-ethyl adjacent to an activating group) is 1. The minimum atomic E-state index is -0.0936. The molecule has 5 nitrogen and oxygen atoms in total. The van der Waals surface area contributed by atoms with Crippen LogP contribution in [0.2, 0.25) is 0 Å². The summed E-state index contributed by atoms with van der Waals surface area (Å²) in [4.78, 5) is 14.9. The number of benzene rings is 1. The van der Waals surface area contributed by atoms with Gasteiger partial charge in [0.2, 0.25) is 0 Å².